The van der Waals surface area contributed by atoms with Crippen molar-refractivity contribution >= 4 is 41.8 Å². The minimum Gasteiger partial charge on any atom is -0.495 e. The minimum absolute atomic E-state index is 0.0871. The summed E-state index contributed by atoms with van der Waals surface area (Å²) < 4.78 is 18.3. The van der Waals surface area contributed by atoms with E-state index in [2.05, 4.69) is 49.8 Å². The third-order valence-corrected chi connectivity index (χ3v) is 11.8. The molecule has 1 aromatic carbocycles. The van der Waals surface area contributed by atoms with E-state index < -0.39 is 14.4 Å². The van der Waals surface area contributed by atoms with Crippen molar-refractivity contribution in [2.75, 3.05) is 13.7 Å². The van der Waals surface area contributed by atoms with Gasteiger partial charge in [0.15, 0.2) is 8.32 Å². The van der Waals surface area contributed by atoms with Crippen LogP contribution in [-0.2, 0) is 25.3 Å². The molecule has 0 bridgehead atoms. The maximum absolute atomic E-state index is 12.6. The number of carbonyl (C=O) groups excluding carboxylic acids is 1. The van der Waals surface area contributed by atoms with Gasteiger partial charge in [0.25, 0.3) is 0 Å². The minimum atomic E-state index is -1.95. The van der Waals surface area contributed by atoms with Gasteiger partial charge in [0.05, 0.1) is 30.7 Å². The van der Waals surface area contributed by atoms with Gasteiger partial charge < -0.3 is 13.9 Å². The first-order valence-electron chi connectivity index (χ1n) is 10.2. The number of hydrogen-bond donors (Lipinski definition) is 0. The highest BCUT2D eigenvalue weighted by molar-refractivity contribution is 9.10. The standard InChI is InChI=1S/C21H31BrClNO5Si/c1-12-17-16(11-27-30(6,7)21(2,3)4)29-24(18(17)20(25)28-12)10-13-8-14(23)9-15(22)19(13)26-5/h8-9,12,16-18H,10-11H2,1-7H3/t12-,16-,17+,18-/m0/s1. The van der Waals surface area contributed by atoms with Crippen molar-refractivity contribution in [1.29, 1.82) is 0 Å². The third kappa shape index (κ3) is 4.59. The monoisotopic (exact) mass is 519 g/mol. The zero-order valence-corrected chi connectivity index (χ0v) is 22.0. The zero-order chi connectivity index (χ0) is 22.4. The predicted octanol–water partition coefficient (Wildman–Crippen LogP) is 5.18. The summed E-state index contributed by atoms with van der Waals surface area (Å²) in [7, 11) is -0.345. The average Bonchev–Trinajstić information content (AvgIpc) is 3.11. The second-order valence-corrected chi connectivity index (χ2v) is 15.6. The van der Waals surface area contributed by atoms with Crippen molar-refractivity contribution in [2.24, 2.45) is 5.92 Å². The summed E-state index contributed by atoms with van der Waals surface area (Å²) in [6, 6.07) is 3.13. The fourth-order valence-electron chi connectivity index (χ4n) is 3.78. The molecule has 2 fully saturated rings. The Morgan fingerprint density at radius 2 is 1.97 bits per heavy atom. The van der Waals surface area contributed by atoms with Crippen molar-refractivity contribution in [3.05, 3.63) is 27.2 Å². The van der Waals surface area contributed by atoms with Crippen molar-refractivity contribution in [2.45, 2.75) is 70.6 Å². The number of halogens is 2. The Labute approximate surface area is 193 Å². The Bertz CT molecular complexity index is 815. The number of nitrogens with zero attached hydrogens (tertiary/aromatic N) is 1. The molecule has 168 valence electrons. The maximum Gasteiger partial charge on any atom is 0.326 e. The van der Waals surface area contributed by atoms with Gasteiger partial charge in [-0.3, -0.25) is 9.63 Å². The highest BCUT2D eigenvalue weighted by Crippen LogP contribution is 2.42. The lowest BCUT2D eigenvalue weighted by Crippen LogP contribution is -2.44. The molecule has 0 radical (unpaired) electrons. The van der Waals surface area contributed by atoms with E-state index in [-0.39, 0.29) is 29.1 Å². The molecule has 2 aliphatic heterocycles. The van der Waals surface area contributed by atoms with Gasteiger partial charge in [-0.2, -0.15) is 5.06 Å². The molecule has 0 spiro atoms. The van der Waals surface area contributed by atoms with Gasteiger partial charge in [0, 0.05) is 10.6 Å². The van der Waals surface area contributed by atoms with Gasteiger partial charge >= 0.3 is 5.97 Å². The van der Waals surface area contributed by atoms with Crippen molar-refractivity contribution in [1.82, 2.24) is 5.06 Å². The molecule has 3 rings (SSSR count). The number of hydrogen-bond acceptors (Lipinski definition) is 6. The van der Waals surface area contributed by atoms with E-state index in [1.165, 1.54) is 0 Å². The van der Waals surface area contributed by atoms with Gasteiger partial charge in [-0.1, -0.05) is 32.4 Å². The SMILES string of the molecule is COc1c(Br)cc(Cl)cc1CN1O[C@@H](CO[Si](C)(C)C(C)(C)C)[C@H]2[C@H](C)OC(=O)[C@H]21. The number of methoxy groups -OCH3 is 1. The Kier molecular flexibility index (Phi) is 6.97. The lowest BCUT2D eigenvalue weighted by molar-refractivity contribution is -0.195. The summed E-state index contributed by atoms with van der Waals surface area (Å²) in [6.45, 7) is 13.8. The molecule has 0 saturated carbocycles. The highest BCUT2D eigenvalue weighted by atomic mass is 79.9. The average molecular weight is 521 g/mol. The molecule has 0 unspecified atom stereocenters. The lowest BCUT2D eigenvalue weighted by Gasteiger charge is -2.37. The van der Waals surface area contributed by atoms with Crippen LogP contribution < -0.4 is 4.74 Å². The van der Waals surface area contributed by atoms with Crippen LogP contribution in [0.25, 0.3) is 0 Å². The Morgan fingerprint density at radius 3 is 2.57 bits per heavy atom. The summed E-state index contributed by atoms with van der Waals surface area (Å²) in [6.07, 6.45) is -0.479. The molecule has 0 amide bonds. The van der Waals surface area contributed by atoms with Crippen LogP contribution in [0.4, 0.5) is 0 Å². The van der Waals surface area contributed by atoms with Gasteiger partial charge in [-0.25, -0.2) is 0 Å². The topological polar surface area (TPSA) is 57.2 Å². The van der Waals surface area contributed by atoms with E-state index in [1.54, 1.807) is 18.2 Å². The van der Waals surface area contributed by atoms with Crippen LogP contribution in [0.3, 0.4) is 0 Å². The molecule has 2 saturated heterocycles. The summed E-state index contributed by atoms with van der Waals surface area (Å²) in [4.78, 5) is 18.9. The number of benzene rings is 1. The quantitative estimate of drug-likeness (QED) is 0.381. The first kappa shape index (κ1) is 24.0. The van der Waals surface area contributed by atoms with Crippen molar-refractivity contribution in [3.63, 3.8) is 0 Å². The van der Waals surface area contributed by atoms with E-state index in [1.807, 2.05) is 13.0 Å². The molecular formula is C21H31BrClNO5Si. The molecule has 0 aromatic heterocycles. The van der Waals surface area contributed by atoms with Crippen LogP contribution in [0.2, 0.25) is 23.2 Å². The number of carbonyl (C=O) groups is 1. The third-order valence-electron chi connectivity index (χ3n) is 6.49. The van der Waals surface area contributed by atoms with Crippen molar-refractivity contribution < 1.29 is 23.5 Å². The summed E-state index contributed by atoms with van der Waals surface area (Å²) >= 11 is 9.73. The molecule has 9 heteroatoms. The number of esters is 1. The molecule has 1 aromatic rings. The van der Waals surface area contributed by atoms with Crippen LogP contribution in [0.1, 0.15) is 33.3 Å². The fourth-order valence-corrected chi connectivity index (χ4v) is 5.83. The predicted molar refractivity (Wildman–Crippen MR) is 122 cm³/mol. The molecule has 0 aliphatic carbocycles. The van der Waals surface area contributed by atoms with Crippen LogP contribution in [0.5, 0.6) is 5.75 Å². The second-order valence-electron chi connectivity index (χ2n) is 9.53. The normalized spacial score (nSPS) is 27.3. The van der Waals surface area contributed by atoms with E-state index >= 15 is 0 Å². The molecule has 4 atom stereocenters. The van der Waals surface area contributed by atoms with Crippen LogP contribution >= 0.6 is 27.5 Å². The fraction of sp³-hybridized carbons (Fsp3) is 0.667. The zero-order valence-electron chi connectivity index (χ0n) is 18.6. The summed E-state index contributed by atoms with van der Waals surface area (Å²) in [5.74, 6) is 0.318. The highest BCUT2D eigenvalue weighted by Gasteiger charge is 2.57. The number of rotatable bonds is 6. The van der Waals surface area contributed by atoms with Gasteiger partial charge in [-0.05, 0) is 53.1 Å². The van der Waals surface area contributed by atoms with Gasteiger partial charge in [0.2, 0.25) is 0 Å². The Hall–Kier alpha value is -0.643. The number of ether oxygens (including phenoxy) is 2. The number of hydroxylamine groups is 2. The van der Waals surface area contributed by atoms with E-state index in [0.29, 0.717) is 23.9 Å². The second kappa shape index (κ2) is 8.71. The van der Waals surface area contributed by atoms with Gasteiger partial charge in [-0.15, -0.1) is 0 Å². The molecule has 2 heterocycles. The smallest absolute Gasteiger partial charge is 0.326 e. The first-order chi connectivity index (χ1) is 13.9. The molecule has 2 aliphatic rings. The Balaban J connectivity index is 1.83. The number of fused-ring (bicyclic) bond motifs is 1. The molecular weight excluding hydrogens is 490 g/mol. The molecule has 6 nitrogen and oxygen atoms in total. The van der Waals surface area contributed by atoms with Crippen LogP contribution in [-0.4, -0.2) is 51.3 Å². The summed E-state index contributed by atoms with van der Waals surface area (Å²) in [5, 5.41) is 2.38. The van der Waals surface area contributed by atoms with Crippen LogP contribution in [0.15, 0.2) is 16.6 Å². The Morgan fingerprint density at radius 1 is 1.30 bits per heavy atom. The van der Waals surface area contributed by atoms with E-state index in [4.69, 9.17) is 30.3 Å². The lowest BCUT2D eigenvalue weighted by atomic mass is 9.93. The van der Waals surface area contributed by atoms with E-state index in [0.717, 1.165) is 10.0 Å². The van der Waals surface area contributed by atoms with Gasteiger partial charge in [0.1, 0.15) is 24.0 Å². The maximum atomic E-state index is 12.6. The summed E-state index contributed by atoms with van der Waals surface area (Å²) in [5.41, 5.74) is 0.828. The molecule has 0 N–H and O–H groups in total. The first-order valence-corrected chi connectivity index (χ1v) is 14.2. The van der Waals surface area contributed by atoms with Crippen molar-refractivity contribution in [3.8, 4) is 5.75 Å². The molecule has 30 heavy (non-hydrogen) atoms. The number of cyclic esters (lactones) is 1. The largest absolute Gasteiger partial charge is 0.495 e. The van der Waals surface area contributed by atoms with E-state index in [9.17, 15) is 4.79 Å². The van der Waals surface area contributed by atoms with Crippen LogP contribution in [0, 0.1) is 5.92 Å².